The minimum absolute atomic E-state index is 0.0123. The van der Waals surface area contributed by atoms with Gasteiger partial charge in [0.05, 0.1) is 5.75 Å². The van der Waals surface area contributed by atoms with Crippen molar-refractivity contribution in [2.24, 2.45) is 0 Å². The van der Waals surface area contributed by atoms with E-state index >= 15 is 0 Å². The molecule has 23 heavy (non-hydrogen) atoms. The summed E-state index contributed by atoms with van der Waals surface area (Å²) in [7, 11) is -3.13. The van der Waals surface area contributed by atoms with Gasteiger partial charge in [0.25, 0.3) is 0 Å². The summed E-state index contributed by atoms with van der Waals surface area (Å²) >= 11 is 0. The number of hydrogen-bond donors (Lipinski definition) is 0. The van der Waals surface area contributed by atoms with E-state index in [0.29, 0.717) is 37.8 Å². The molecule has 0 spiro atoms. The van der Waals surface area contributed by atoms with Gasteiger partial charge in [0.1, 0.15) is 21.6 Å². The van der Waals surface area contributed by atoms with Crippen LogP contribution >= 0.6 is 0 Å². The summed E-state index contributed by atoms with van der Waals surface area (Å²) in [5.74, 6) is 0.209. The Hall–Kier alpha value is -2.21. The zero-order valence-corrected chi connectivity index (χ0v) is 14.0. The molecule has 1 aromatic rings. The highest BCUT2D eigenvalue weighted by atomic mass is 32.2. The Morgan fingerprint density at radius 1 is 1.30 bits per heavy atom. The van der Waals surface area contributed by atoms with Gasteiger partial charge >= 0.3 is 0 Å². The van der Waals surface area contributed by atoms with Crippen molar-refractivity contribution in [2.75, 3.05) is 43.1 Å². The summed E-state index contributed by atoms with van der Waals surface area (Å²) < 4.78 is 22.3. The van der Waals surface area contributed by atoms with Crippen molar-refractivity contribution in [1.82, 2.24) is 14.9 Å². The maximum atomic E-state index is 12.0. The van der Waals surface area contributed by atoms with Crippen LogP contribution < -0.4 is 4.90 Å². The number of amides is 1. The van der Waals surface area contributed by atoms with Crippen molar-refractivity contribution in [3.8, 4) is 6.07 Å². The topological polar surface area (TPSA) is 107 Å². The van der Waals surface area contributed by atoms with Crippen LogP contribution in [-0.2, 0) is 14.6 Å². The molecule has 0 unspecified atom stereocenters. The number of hydrogen-bond acceptors (Lipinski definition) is 7. The third-order valence-corrected chi connectivity index (χ3v) is 4.50. The Morgan fingerprint density at radius 2 is 1.96 bits per heavy atom. The predicted octanol–water partition coefficient (Wildman–Crippen LogP) is -0.260. The van der Waals surface area contributed by atoms with E-state index in [1.54, 1.807) is 17.9 Å². The molecule has 0 N–H and O–H groups in total. The largest absolute Gasteiger partial charge is 0.339 e. The van der Waals surface area contributed by atoms with Crippen molar-refractivity contribution >= 4 is 21.7 Å². The first kappa shape index (κ1) is 17.1. The molecule has 0 atom stereocenters. The van der Waals surface area contributed by atoms with Gasteiger partial charge in [-0.1, -0.05) is 0 Å². The second-order valence-electron chi connectivity index (χ2n) is 5.55. The van der Waals surface area contributed by atoms with E-state index in [1.165, 1.54) is 0 Å². The van der Waals surface area contributed by atoms with Crippen LogP contribution in [0.15, 0.2) is 6.07 Å². The molecular formula is C14H19N5O3S. The molecule has 8 nitrogen and oxygen atoms in total. The molecule has 1 aliphatic heterocycles. The molecule has 1 aliphatic rings. The highest BCUT2D eigenvalue weighted by Gasteiger charge is 2.23. The van der Waals surface area contributed by atoms with Crippen molar-refractivity contribution in [3.63, 3.8) is 0 Å². The number of aromatic nitrogens is 2. The molecule has 0 saturated carbocycles. The van der Waals surface area contributed by atoms with E-state index in [2.05, 4.69) is 9.97 Å². The van der Waals surface area contributed by atoms with Crippen LogP contribution in [0.3, 0.4) is 0 Å². The van der Waals surface area contributed by atoms with Crippen LogP contribution in [0.1, 0.15) is 17.8 Å². The standard InChI is InChI=1S/C14H19N5O3S/c1-11-9-12(10-15)17-14(16-11)19-6-4-18(5-7-19)13(20)3-8-23(2,21)22/h9H,3-8H2,1-2H3. The van der Waals surface area contributed by atoms with Gasteiger partial charge in [-0.2, -0.15) is 5.26 Å². The van der Waals surface area contributed by atoms with Crippen molar-refractivity contribution < 1.29 is 13.2 Å². The molecule has 0 radical (unpaired) electrons. The van der Waals surface area contributed by atoms with E-state index in [4.69, 9.17) is 5.26 Å². The highest BCUT2D eigenvalue weighted by molar-refractivity contribution is 7.90. The first-order valence-corrected chi connectivity index (χ1v) is 9.31. The molecule has 0 aromatic carbocycles. The highest BCUT2D eigenvalue weighted by Crippen LogP contribution is 2.13. The Morgan fingerprint density at radius 3 is 2.52 bits per heavy atom. The molecule has 1 amide bonds. The maximum absolute atomic E-state index is 12.0. The Labute approximate surface area is 135 Å². The number of piperazine rings is 1. The van der Waals surface area contributed by atoms with Crippen LogP contribution in [0.25, 0.3) is 0 Å². The lowest BCUT2D eigenvalue weighted by Crippen LogP contribution is -2.49. The number of carbonyl (C=O) groups excluding carboxylic acids is 1. The molecule has 9 heteroatoms. The van der Waals surface area contributed by atoms with E-state index in [0.717, 1.165) is 11.9 Å². The molecule has 0 aliphatic carbocycles. The Balaban J connectivity index is 1.95. The number of nitrogens with zero attached hydrogens (tertiary/aromatic N) is 5. The van der Waals surface area contributed by atoms with Gasteiger partial charge < -0.3 is 9.80 Å². The summed E-state index contributed by atoms with van der Waals surface area (Å²) in [5, 5.41) is 8.96. The summed E-state index contributed by atoms with van der Waals surface area (Å²) in [6, 6.07) is 3.63. The zero-order valence-electron chi connectivity index (χ0n) is 13.2. The average Bonchev–Trinajstić information content (AvgIpc) is 2.51. The molecule has 1 saturated heterocycles. The maximum Gasteiger partial charge on any atom is 0.226 e. The van der Waals surface area contributed by atoms with Crippen LogP contribution in [0.5, 0.6) is 0 Å². The number of sulfone groups is 1. The quantitative estimate of drug-likeness (QED) is 0.745. The molecule has 2 rings (SSSR count). The monoisotopic (exact) mass is 337 g/mol. The molecule has 1 fully saturated rings. The predicted molar refractivity (Wildman–Crippen MR) is 84.6 cm³/mol. The second-order valence-corrected chi connectivity index (χ2v) is 7.81. The molecular weight excluding hydrogens is 318 g/mol. The summed E-state index contributed by atoms with van der Waals surface area (Å²) in [6.07, 6.45) is 1.14. The zero-order chi connectivity index (χ0) is 17.0. The minimum atomic E-state index is -3.13. The second kappa shape index (κ2) is 6.91. The first-order chi connectivity index (χ1) is 10.8. The van der Waals surface area contributed by atoms with Gasteiger partial charge in [-0.05, 0) is 13.0 Å². The van der Waals surface area contributed by atoms with E-state index in [-0.39, 0.29) is 18.1 Å². The fraction of sp³-hybridized carbons (Fsp3) is 0.571. The van der Waals surface area contributed by atoms with Gasteiger partial charge in [-0.15, -0.1) is 0 Å². The van der Waals surface area contributed by atoms with Gasteiger partial charge in [0, 0.05) is 44.5 Å². The van der Waals surface area contributed by atoms with Crippen LogP contribution in [0.2, 0.25) is 0 Å². The summed E-state index contributed by atoms with van der Waals surface area (Å²) in [5.41, 5.74) is 1.04. The Bertz CT molecular complexity index is 733. The van der Waals surface area contributed by atoms with E-state index in [1.807, 2.05) is 11.0 Å². The fourth-order valence-corrected chi connectivity index (χ4v) is 2.88. The van der Waals surface area contributed by atoms with Gasteiger partial charge in [0.2, 0.25) is 11.9 Å². The van der Waals surface area contributed by atoms with Crippen LogP contribution in [0, 0.1) is 18.3 Å². The molecule has 0 bridgehead atoms. The average molecular weight is 337 g/mol. The van der Waals surface area contributed by atoms with Gasteiger partial charge in [-0.25, -0.2) is 18.4 Å². The molecule has 2 heterocycles. The number of rotatable bonds is 4. The fourth-order valence-electron chi connectivity index (χ4n) is 2.34. The third-order valence-electron chi connectivity index (χ3n) is 3.56. The van der Waals surface area contributed by atoms with Crippen molar-refractivity contribution in [2.45, 2.75) is 13.3 Å². The SMILES string of the molecule is Cc1cc(C#N)nc(N2CCN(C(=O)CCS(C)(=O)=O)CC2)n1. The van der Waals surface area contributed by atoms with Gasteiger partial charge in [0.15, 0.2) is 0 Å². The summed E-state index contributed by atoms with van der Waals surface area (Å²) in [6.45, 7) is 3.89. The van der Waals surface area contributed by atoms with Crippen molar-refractivity contribution in [3.05, 3.63) is 17.5 Å². The minimum Gasteiger partial charge on any atom is -0.339 e. The lowest BCUT2D eigenvalue weighted by atomic mass is 10.3. The number of carbonyl (C=O) groups is 1. The number of aryl methyl sites for hydroxylation is 1. The first-order valence-electron chi connectivity index (χ1n) is 7.25. The molecule has 124 valence electrons. The van der Waals surface area contributed by atoms with Crippen LogP contribution in [-0.4, -0.2) is 67.4 Å². The van der Waals surface area contributed by atoms with E-state index < -0.39 is 9.84 Å². The summed E-state index contributed by atoms with van der Waals surface area (Å²) in [4.78, 5) is 24.1. The third kappa shape index (κ3) is 4.89. The Kier molecular flexibility index (Phi) is 5.15. The van der Waals surface area contributed by atoms with E-state index in [9.17, 15) is 13.2 Å². The number of anilines is 1. The van der Waals surface area contributed by atoms with Gasteiger partial charge in [-0.3, -0.25) is 4.79 Å². The van der Waals surface area contributed by atoms with Crippen LogP contribution in [0.4, 0.5) is 5.95 Å². The normalized spacial score (nSPS) is 15.3. The molecule has 1 aromatic heterocycles. The lowest BCUT2D eigenvalue weighted by Gasteiger charge is -2.34. The smallest absolute Gasteiger partial charge is 0.226 e. The van der Waals surface area contributed by atoms with Crippen molar-refractivity contribution in [1.29, 1.82) is 5.26 Å². The lowest BCUT2D eigenvalue weighted by molar-refractivity contribution is -0.131. The number of nitriles is 1.